The number of quaternary nitrogens is 1. The lowest BCUT2D eigenvalue weighted by atomic mass is 9.77. The third-order valence-electron chi connectivity index (χ3n) is 16.1. The number of halogens is 1. The number of hydrazine groups is 1. The van der Waals surface area contributed by atoms with Crippen molar-refractivity contribution in [2.24, 2.45) is 23.7 Å². The van der Waals surface area contributed by atoms with Crippen LogP contribution in [0.3, 0.4) is 0 Å². The molecule has 5 rings (SSSR count). The zero-order valence-corrected chi connectivity index (χ0v) is 47.0. The van der Waals surface area contributed by atoms with Crippen LogP contribution in [-0.2, 0) is 43.2 Å². The minimum absolute atomic E-state index is 0.00307. The van der Waals surface area contributed by atoms with Crippen molar-refractivity contribution in [2.45, 2.75) is 203 Å². The molecule has 19 nitrogen and oxygen atoms in total. The van der Waals surface area contributed by atoms with Crippen LogP contribution in [0.25, 0.3) is 0 Å². The number of benzene rings is 1. The molecule has 4 aliphatic rings. The molecule has 0 amide bonds. The molecule has 1 aromatic rings. The van der Waals surface area contributed by atoms with Crippen molar-refractivity contribution in [3.8, 4) is 0 Å². The number of nitrogens with zero attached hydrogens (tertiary/aromatic N) is 4. The van der Waals surface area contributed by atoms with E-state index in [1.165, 1.54) is 40.3 Å². The standard InChI is InChI=1S/C52H91FN6O13S/c1-16-42-52(10,64)48(61)35(7)58(14)28-30(2)26-51(9,63)49(33(5)46(34(6)50(62)70-42)71-43-23-31(3)45(60)36(8)69-43)72-44-25-39(24-32(4)68-44)57(13)22-21-38-29-59(55-54-38)41(27-53)47(67-15)37-17-19-40(20-18-37)73(65,66)56(11)12/h17-20,29-36,39,41-49,54-55,60-61,63-64H,16,21-28H2,1-15H3/p+1/t30-,31+,32-,33+,34-,35-,36+,39+,41-,42-,43?,44+,45-,46+,47-,48-,49-,51-,52-/m1/s1. The molecule has 0 radical (unpaired) electrons. The summed E-state index contributed by atoms with van der Waals surface area (Å²) in [5, 5.41) is 48.8. The first-order chi connectivity index (χ1) is 34.1. The third kappa shape index (κ3) is 14.8. The number of hydrogen-bond donors (Lipinski definition) is 6. The lowest BCUT2D eigenvalue weighted by molar-refractivity contribution is -0.679. The Bertz CT molecular complexity index is 2040. The molecular formula is C52H92FN6O13S+. The van der Waals surface area contributed by atoms with E-state index in [0.717, 1.165) is 10.0 Å². The Morgan fingerprint density at radius 1 is 0.973 bits per heavy atom. The van der Waals surface area contributed by atoms with Crippen LogP contribution in [0.2, 0.25) is 0 Å². The number of nitrogens with one attached hydrogen (secondary N) is 1. The number of rotatable bonds is 16. The van der Waals surface area contributed by atoms with Gasteiger partial charge in [-0.1, -0.05) is 45.4 Å². The van der Waals surface area contributed by atoms with E-state index in [1.807, 2.05) is 65.2 Å². The Kier molecular flexibility index (Phi) is 21.7. The van der Waals surface area contributed by atoms with Gasteiger partial charge in [-0.2, -0.15) is 0 Å². The Morgan fingerprint density at radius 3 is 2.21 bits per heavy atom. The fraction of sp³-hybridized carbons (Fsp3) is 0.827. The average molecular weight is 1060 g/mol. The molecule has 0 spiro atoms. The van der Waals surface area contributed by atoms with Gasteiger partial charge in [-0.25, -0.2) is 22.5 Å². The van der Waals surface area contributed by atoms with Gasteiger partial charge in [-0.3, -0.25) is 9.80 Å². The first-order valence-corrected chi connectivity index (χ1v) is 27.7. The molecule has 1 unspecified atom stereocenters. The van der Waals surface area contributed by atoms with E-state index in [1.54, 1.807) is 44.8 Å². The second kappa shape index (κ2) is 25.8. The monoisotopic (exact) mass is 1060 g/mol. The van der Waals surface area contributed by atoms with Crippen molar-refractivity contribution in [1.82, 2.24) is 24.6 Å². The van der Waals surface area contributed by atoms with E-state index >= 15 is 0 Å². The second-order valence-corrected chi connectivity index (χ2v) is 24.6. The number of carbonyl (C=O) groups excluding carboxylic acids is 1. The van der Waals surface area contributed by atoms with E-state index < -0.39 is 113 Å². The lowest BCUT2D eigenvalue weighted by Gasteiger charge is -2.47. The first-order valence-electron chi connectivity index (χ1n) is 26.3. The van der Waals surface area contributed by atoms with Crippen LogP contribution >= 0.6 is 0 Å². The van der Waals surface area contributed by atoms with Crippen LogP contribution in [0, 0.1) is 23.7 Å². The number of likely N-dealkylation sites (N-methyl/N-ethyl adjacent to an activating group) is 1. The molecule has 0 aliphatic carbocycles. The number of ether oxygens (including phenoxy) is 6. The number of sulfonamides is 1. The molecule has 19 atom stereocenters. The molecule has 7 N–H and O–H groups in total. The molecule has 4 aliphatic heterocycles. The lowest BCUT2D eigenvalue weighted by Crippen LogP contribution is -2.91. The van der Waals surface area contributed by atoms with Crippen LogP contribution < -0.4 is 11.0 Å². The van der Waals surface area contributed by atoms with Gasteiger partial charge in [0.25, 0.3) is 0 Å². The van der Waals surface area contributed by atoms with Crippen molar-refractivity contribution in [2.75, 3.05) is 55.1 Å². The number of methoxy groups -OCH3 is 1. The van der Waals surface area contributed by atoms with Gasteiger partial charge >= 0.3 is 5.97 Å². The predicted molar refractivity (Wildman–Crippen MR) is 272 cm³/mol. The number of hydrogen-bond acceptors (Lipinski definition) is 17. The zero-order valence-electron chi connectivity index (χ0n) is 46.2. The molecule has 420 valence electrons. The largest absolute Gasteiger partial charge is 0.459 e. The normalized spacial score (nSPS) is 38.9. The maximum Gasteiger partial charge on any atom is 0.311 e. The van der Waals surface area contributed by atoms with Gasteiger partial charge in [-0.05, 0) is 104 Å². The Morgan fingerprint density at radius 2 is 1.62 bits per heavy atom. The smallest absolute Gasteiger partial charge is 0.311 e. The van der Waals surface area contributed by atoms with E-state index in [2.05, 4.69) is 10.4 Å². The molecule has 4 heterocycles. The summed E-state index contributed by atoms with van der Waals surface area (Å²) in [6.07, 6.45) is -3.50. The number of nitrogens with two attached hydrogens (primary N) is 1. The van der Waals surface area contributed by atoms with Crippen molar-refractivity contribution >= 4 is 16.0 Å². The number of aliphatic hydroxyl groups excluding tert-OH is 2. The highest BCUT2D eigenvalue weighted by atomic mass is 32.2. The van der Waals surface area contributed by atoms with Gasteiger partial charge < -0.3 is 58.6 Å². The van der Waals surface area contributed by atoms with E-state index in [-0.39, 0.29) is 41.7 Å². The number of esters is 1. The molecule has 3 saturated heterocycles. The zero-order chi connectivity index (χ0) is 54.5. The molecule has 0 bridgehead atoms. The highest BCUT2D eigenvalue weighted by Crippen LogP contribution is 2.39. The van der Waals surface area contributed by atoms with Crippen LogP contribution in [0.5, 0.6) is 0 Å². The SMILES string of the molecule is CC[C@H]1OC(=O)[C@H](C)[C@@H](OC2C[C@H](C)[C@@H](O)[C@H](C)O2)[C@H](C)[C@@H](O[C@H]2C[C@@H](N(C)CCC3=CN([C@H](CF)[C@H](OC)c4ccc(S(=O)(=O)N(C)C)cc4)N[NH2+]3)C[C@@H](C)O2)[C@](C)(O)C[C@@H](C)CN(C)[C@H](C)[C@@H](O)[C@]1(C)O. The second-order valence-electron chi connectivity index (χ2n) is 22.5. The summed E-state index contributed by atoms with van der Waals surface area (Å²) in [7, 11) is 4.70. The predicted octanol–water partition coefficient (Wildman–Crippen LogP) is 3.04. The molecular weight excluding hydrogens is 968 g/mol. The average Bonchev–Trinajstić information content (AvgIpc) is 3.80. The Balaban J connectivity index is 1.38. The molecule has 3 fully saturated rings. The van der Waals surface area contributed by atoms with Crippen molar-refractivity contribution in [3.63, 3.8) is 0 Å². The summed E-state index contributed by atoms with van der Waals surface area (Å²) in [6.45, 7) is 18.5. The number of carbonyl (C=O) groups is 1. The minimum atomic E-state index is -3.64. The summed E-state index contributed by atoms with van der Waals surface area (Å²) in [5.74, 6) is -2.61. The molecule has 0 saturated carbocycles. The number of aliphatic hydroxyl groups is 4. The summed E-state index contributed by atoms with van der Waals surface area (Å²) < 4.78 is 79.9. The molecule has 0 aromatic heterocycles. The molecule has 1 aromatic carbocycles. The van der Waals surface area contributed by atoms with Gasteiger partial charge in [0.15, 0.2) is 12.6 Å². The first kappa shape index (κ1) is 61.4. The fourth-order valence-corrected chi connectivity index (χ4v) is 12.4. The van der Waals surface area contributed by atoms with Crippen LogP contribution in [-0.4, -0.2) is 194 Å². The van der Waals surface area contributed by atoms with Crippen LogP contribution in [0.1, 0.15) is 119 Å². The molecule has 21 heteroatoms. The van der Waals surface area contributed by atoms with E-state index in [9.17, 15) is 38.0 Å². The number of alkyl halides is 1. The van der Waals surface area contributed by atoms with Crippen LogP contribution in [0.4, 0.5) is 4.39 Å². The van der Waals surface area contributed by atoms with Gasteiger partial charge in [-0.15, -0.1) is 0 Å². The highest BCUT2D eigenvalue weighted by molar-refractivity contribution is 7.89. The topological polar surface area (TPSA) is 229 Å². The van der Waals surface area contributed by atoms with Crippen molar-refractivity contribution in [1.29, 1.82) is 0 Å². The number of cyclic esters (lactones) is 1. The van der Waals surface area contributed by atoms with E-state index in [4.69, 9.17) is 28.4 Å². The summed E-state index contributed by atoms with van der Waals surface area (Å²) in [5.41, 5.74) is 3.29. The fourth-order valence-electron chi connectivity index (χ4n) is 11.5. The summed E-state index contributed by atoms with van der Waals surface area (Å²) in [6, 6.07) is 5.00. The van der Waals surface area contributed by atoms with Gasteiger partial charge in [0.1, 0.15) is 42.3 Å². The maximum absolute atomic E-state index is 14.9. The van der Waals surface area contributed by atoms with Gasteiger partial charge in [0, 0.05) is 71.6 Å². The van der Waals surface area contributed by atoms with Crippen molar-refractivity contribution < 1.29 is 71.9 Å². The Labute approximate surface area is 435 Å². The highest BCUT2D eigenvalue weighted by Gasteiger charge is 2.50. The third-order valence-corrected chi connectivity index (χ3v) is 17.9. The molecule has 73 heavy (non-hydrogen) atoms. The van der Waals surface area contributed by atoms with Crippen LogP contribution in [0.15, 0.2) is 41.1 Å². The maximum atomic E-state index is 14.9. The van der Waals surface area contributed by atoms with E-state index in [0.29, 0.717) is 44.3 Å². The Hall–Kier alpha value is -2.45. The summed E-state index contributed by atoms with van der Waals surface area (Å²) >= 11 is 0. The van der Waals surface area contributed by atoms with Gasteiger partial charge in [0.05, 0.1) is 53.1 Å². The minimum Gasteiger partial charge on any atom is -0.459 e. The summed E-state index contributed by atoms with van der Waals surface area (Å²) in [4.78, 5) is 18.7. The van der Waals surface area contributed by atoms with Crippen molar-refractivity contribution in [3.05, 3.63) is 41.7 Å². The quantitative estimate of drug-likeness (QED) is 0.103. The van der Waals surface area contributed by atoms with Gasteiger partial charge in [0.2, 0.25) is 10.0 Å².